The van der Waals surface area contributed by atoms with Crippen molar-refractivity contribution >= 4 is 22.8 Å². The summed E-state index contributed by atoms with van der Waals surface area (Å²) in [6.07, 6.45) is 15.5. The number of rotatable bonds is 5. The Morgan fingerprint density at radius 2 is 1.20 bits per heavy atom. The number of allylic oxidation sites excluding steroid dienone is 4. The molecule has 2 heteroatoms. The Bertz CT molecular complexity index is 3000. The predicted molar refractivity (Wildman–Crippen MR) is 255 cm³/mol. The van der Waals surface area contributed by atoms with Gasteiger partial charge in [0.2, 0.25) is 0 Å². The average Bonchev–Trinajstić information content (AvgIpc) is 3.90. The van der Waals surface area contributed by atoms with Crippen molar-refractivity contribution in [1.82, 2.24) is 0 Å². The fourth-order valence-electron chi connectivity index (χ4n) is 12.1. The van der Waals surface area contributed by atoms with E-state index in [0.717, 1.165) is 17.8 Å². The Hall–Kier alpha value is -6.51. The summed E-state index contributed by atoms with van der Waals surface area (Å²) in [6, 6.07) is 53.6. The van der Waals surface area contributed by atoms with Crippen LogP contribution in [0.25, 0.3) is 44.5 Å². The van der Waals surface area contributed by atoms with E-state index in [2.05, 4.69) is 177 Å². The van der Waals surface area contributed by atoms with E-state index in [9.17, 15) is 0 Å². The van der Waals surface area contributed by atoms with Crippen molar-refractivity contribution in [3.8, 4) is 44.5 Å². The molecule has 1 saturated carbocycles. The quantitative estimate of drug-likeness (QED) is 0.185. The third-order valence-electron chi connectivity index (χ3n) is 15.0. The van der Waals surface area contributed by atoms with Crippen LogP contribution in [-0.4, -0.2) is 5.71 Å². The first-order chi connectivity index (χ1) is 29.9. The third-order valence-corrected chi connectivity index (χ3v) is 15.0. The molecule has 2 nitrogen and oxygen atoms in total. The van der Waals surface area contributed by atoms with Crippen LogP contribution in [0, 0.1) is 12.3 Å². The molecule has 5 aliphatic rings. The van der Waals surface area contributed by atoms with Crippen LogP contribution in [0.4, 0.5) is 17.1 Å². The number of para-hydroxylation sites is 1. The smallest absolute Gasteiger partial charge is 0.0737 e. The van der Waals surface area contributed by atoms with Crippen LogP contribution in [0.5, 0.6) is 0 Å². The number of benzene rings is 7. The van der Waals surface area contributed by atoms with E-state index in [1.165, 1.54) is 127 Å². The zero-order chi connectivity index (χ0) is 41.0. The molecule has 0 heterocycles. The highest BCUT2D eigenvalue weighted by atomic mass is 15.1. The van der Waals surface area contributed by atoms with Gasteiger partial charge >= 0.3 is 0 Å². The first-order valence-electron chi connectivity index (χ1n) is 22.4. The molecule has 1 spiro atoms. The molecular formula is C59H50N2. The van der Waals surface area contributed by atoms with Gasteiger partial charge in [-0.15, -0.1) is 0 Å². The molecule has 0 amide bonds. The summed E-state index contributed by atoms with van der Waals surface area (Å²) in [5.41, 5.74) is 25.1. The zero-order valence-corrected chi connectivity index (χ0v) is 35.4. The molecule has 5 aliphatic carbocycles. The first kappa shape index (κ1) is 36.4. The van der Waals surface area contributed by atoms with Crippen molar-refractivity contribution in [3.63, 3.8) is 0 Å². The van der Waals surface area contributed by atoms with Gasteiger partial charge < -0.3 is 10.3 Å². The van der Waals surface area contributed by atoms with E-state index in [-0.39, 0.29) is 5.41 Å². The van der Waals surface area contributed by atoms with Gasteiger partial charge in [-0.25, -0.2) is 0 Å². The second-order valence-electron chi connectivity index (χ2n) is 18.6. The van der Waals surface area contributed by atoms with Gasteiger partial charge in [0.25, 0.3) is 0 Å². The Balaban J connectivity index is 1.01. The van der Waals surface area contributed by atoms with Crippen LogP contribution in [0.2, 0.25) is 0 Å². The number of anilines is 3. The van der Waals surface area contributed by atoms with Crippen molar-refractivity contribution in [3.05, 3.63) is 208 Å². The Morgan fingerprint density at radius 3 is 1.95 bits per heavy atom. The minimum Gasteiger partial charge on any atom is -0.310 e. The summed E-state index contributed by atoms with van der Waals surface area (Å²) in [4.78, 5) is 2.54. The first-order valence-corrected chi connectivity index (χ1v) is 22.4. The number of fused-ring (bicyclic) bond motifs is 6. The van der Waals surface area contributed by atoms with Crippen LogP contribution >= 0.6 is 0 Å². The normalized spacial score (nSPS) is 19.8. The second kappa shape index (κ2) is 13.5. The van der Waals surface area contributed by atoms with Gasteiger partial charge in [-0.05, 0) is 158 Å². The fraction of sp³-hybridized carbons (Fsp3) is 0.203. The minimum absolute atomic E-state index is 0.296. The van der Waals surface area contributed by atoms with Crippen molar-refractivity contribution in [1.29, 1.82) is 5.41 Å². The molecule has 1 N–H and O–H groups in total. The van der Waals surface area contributed by atoms with Gasteiger partial charge in [0, 0.05) is 22.5 Å². The summed E-state index contributed by atoms with van der Waals surface area (Å²) in [5.74, 6) is 0.538. The summed E-state index contributed by atoms with van der Waals surface area (Å²) < 4.78 is 0. The maximum absolute atomic E-state index is 9.15. The lowest BCUT2D eigenvalue weighted by Gasteiger charge is -2.35. The number of hydrogen-bond acceptors (Lipinski definition) is 2. The molecule has 1 atom stereocenters. The average molecular weight is 787 g/mol. The summed E-state index contributed by atoms with van der Waals surface area (Å²) in [7, 11) is 0. The van der Waals surface area contributed by atoms with Crippen molar-refractivity contribution in [2.45, 2.75) is 76.0 Å². The van der Waals surface area contributed by atoms with Crippen molar-refractivity contribution < 1.29 is 0 Å². The van der Waals surface area contributed by atoms with E-state index >= 15 is 0 Å². The second-order valence-corrected chi connectivity index (χ2v) is 18.6. The Morgan fingerprint density at radius 1 is 0.557 bits per heavy atom. The van der Waals surface area contributed by atoms with Crippen LogP contribution in [0.3, 0.4) is 0 Å². The molecule has 7 aromatic carbocycles. The van der Waals surface area contributed by atoms with Crippen LogP contribution in [-0.2, 0) is 17.3 Å². The molecule has 0 aliphatic heterocycles. The lowest BCUT2D eigenvalue weighted by Crippen LogP contribution is -2.28. The predicted octanol–water partition coefficient (Wildman–Crippen LogP) is 15.5. The van der Waals surface area contributed by atoms with Gasteiger partial charge in [0.05, 0.1) is 11.1 Å². The maximum atomic E-state index is 9.15. The van der Waals surface area contributed by atoms with E-state index in [0.29, 0.717) is 11.6 Å². The van der Waals surface area contributed by atoms with Gasteiger partial charge in [-0.2, -0.15) is 0 Å². The zero-order valence-electron chi connectivity index (χ0n) is 35.4. The fourth-order valence-corrected chi connectivity index (χ4v) is 12.1. The largest absolute Gasteiger partial charge is 0.310 e. The maximum Gasteiger partial charge on any atom is 0.0737 e. The molecule has 61 heavy (non-hydrogen) atoms. The number of nitrogens with one attached hydrogen (secondary N) is 1. The lowest BCUT2D eigenvalue weighted by atomic mass is 9.73. The summed E-state index contributed by atoms with van der Waals surface area (Å²) in [5, 5.41) is 9.15. The van der Waals surface area contributed by atoms with Gasteiger partial charge in [0.15, 0.2) is 0 Å². The molecule has 0 saturated heterocycles. The summed E-state index contributed by atoms with van der Waals surface area (Å²) >= 11 is 0. The van der Waals surface area contributed by atoms with Crippen molar-refractivity contribution in [2.75, 3.05) is 4.90 Å². The lowest BCUT2D eigenvalue weighted by molar-refractivity contribution is 0.444. The topological polar surface area (TPSA) is 27.1 Å². The molecule has 296 valence electrons. The minimum atomic E-state index is -0.449. The molecule has 1 fully saturated rings. The Labute approximate surface area is 360 Å². The molecule has 0 radical (unpaired) electrons. The van der Waals surface area contributed by atoms with Crippen LogP contribution in [0.1, 0.15) is 96.4 Å². The third kappa shape index (κ3) is 5.12. The summed E-state index contributed by atoms with van der Waals surface area (Å²) in [6.45, 7) is 6.70. The number of aryl methyl sites for hydroxylation is 1. The Kier molecular flexibility index (Phi) is 8.04. The van der Waals surface area contributed by atoms with E-state index in [1.807, 2.05) is 12.2 Å². The molecular weight excluding hydrogens is 737 g/mol. The van der Waals surface area contributed by atoms with Crippen LogP contribution in [0.15, 0.2) is 164 Å². The van der Waals surface area contributed by atoms with Gasteiger partial charge in [-0.3, -0.25) is 0 Å². The van der Waals surface area contributed by atoms with E-state index in [4.69, 9.17) is 5.41 Å². The van der Waals surface area contributed by atoms with Gasteiger partial charge in [-0.1, -0.05) is 161 Å². The van der Waals surface area contributed by atoms with Gasteiger partial charge in [0.1, 0.15) is 0 Å². The monoisotopic (exact) mass is 786 g/mol. The number of hydrogen-bond donors (Lipinski definition) is 1. The highest BCUT2D eigenvalue weighted by Gasteiger charge is 2.57. The molecule has 7 aromatic rings. The highest BCUT2D eigenvalue weighted by Crippen LogP contribution is 2.70. The molecule has 0 aromatic heterocycles. The highest BCUT2D eigenvalue weighted by molar-refractivity contribution is 6.06. The molecule has 1 unspecified atom stereocenters. The van der Waals surface area contributed by atoms with Crippen LogP contribution < -0.4 is 4.90 Å². The SMILES string of the molecule is Cc1cccc(C2CCCCC2)c1N(c1ccc(-c2ccc3c(c2)C24c5ccccc5-c5cccc(c52)-c2cccc-3c24)cc1)c1ccc2c(c1)C(C)(C)C(=N)/C=C\C=C/C2. The standard InChI is InChI=1S/C59H50N2/c1-37-15-12-20-44(39-16-6-4-7-17-39)57(37)61(43-33-29-40-18-8-5-9-26-54(60)58(2,3)52(40)36-43)42-31-27-38(28-32-42)41-30-34-46-48-22-14-24-50-49-23-13-21-47-45-19-10-11-25-51(45)59(55(47)49,56(48)50)53(46)35-41/h5,8-15,19-36,39,60H,4,6-7,16-18H2,1-3H3/b8-5-,26-9-,60-54?. The molecule has 0 bridgehead atoms. The van der Waals surface area contributed by atoms with Crippen molar-refractivity contribution in [2.24, 2.45) is 0 Å². The molecule has 12 rings (SSSR count). The van der Waals surface area contributed by atoms with E-state index < -0.39 is 5.41 Å². The van der Waals surface area contributed by atoms with E-state index in [1.54, 1.807) is 0 Å². The number of nitrogens with zero attached hydrogens (tertiary/aromatic N) is 1.